The van der Waals surface area contributed by atoms with Gasteiger partial charge in [0.05, 0.1) is 15.3 Å². The molecule has 2 heterocycles. The second kappa shape index (κ2) is 3.18. The van der Waals surface area contributed by atoms with E-state index in [0.29, 0.717) is 10.6 Å². The Kier molecular flexibility index (Phi) is 2.15. The second-order valence-corrected chi connectivity index (χ2v) is 5.16. The number of nitrogen functional groups attached to an aromatic ring is 1. The Balaban J connectivity index is 2.81. The topological polar surface area (TPSA) is 62.7 Å². The zero-order valence-electron chi connectivity index (χ0n) is 6.70. The zero-order chi connectivity index (χ0) is 9.42. The van der Waals surface area contributed by atoms with Gasteiger partial charge in [-0.2, -0.15) is 9.64 Å². The summed E-state index contributed by atoms with van der Waals surface area (Å²) in [5, 5.41) is 9.71. The molecule has 0 saturated heterocycles. The number of aromatic nitrogens is 1. The van der Waals surface area contributed by atoms with E-state index >= 15 is 0 Å². The molecule has 2 aromatic heterocycles. The average Bonchev–Trinajstić information content (AvgIpc) is 2.66. The van der Waals surface area contributed by atoms with Crippen molar-refractivity contribution in [2.24, 2.45) is 0 Å². The third-order valence-electron chi connectivity index (χ3n) is 1.63. The van der Waals surface area contributed by atoms with Gasteiger partial charge in [-0.25, -0.2) is 0 Å². The molecule has 2 rings (SSSR count). The lowest BCUT2D eigenvalue weighted by Gasteiger charge is -1.89. The summed E-state index contributed by atoms with van der Waals surface area (Å²) < 4.78 is 5.32. The lowest BCUT2D eigenvalue weighted by Crippen LogP contribution is -1.84. The molecule has 0 spiro atoms. The molecular weight excluding hydrogens is 222 g/mol. The summed E-state index contributed by atoms with van der Waals surface area (Å²) in [6.07, 6.45) is 1.98. The summed E-state index contributed by atoms with van der Waals surface area (Å²) in [6, 6.07) is 2.07. The van der Waals surface area contributed by atoms with Gasteiger partial charge in [0.1, 0.15) is 15.8 Å². The van der Waals surface area contributed by atoms with Gasteiger partial charge in [-0.05, 0) is 17.8 Å². The summed E-state index contributed by atoms with van der Waals surface area (Å²) in [5.41, 5.74) is 6.40. The molecule has 2 N–H and O–H groups in total. The molecular formula is C7H5N3S3. The Morgan fingerprint density at radius 3 is 3.00 bits per heavy atom. The SMILES string of the molecule is CSc1snc2sc(C#N)c(N)c12. The highest BCUT2D eigenvalue weighted by atomic mass is 32.2. The molecule has 0 amide bonds. The molecule has 0 aliphatic rings. The first kappa shape index (κ1) is 8.81. The molecule has 13 heavy (non-hydrogen) atoms. The highest BCUT2D eigenvalue weighted by Crippen LogP contribution is 2.40. The van der Waals surface area contributed by atoms with Crippen molar-refractivity contribution in [2.75, 3.05) is 12.0 Å². The van der Waals surface area contributed by atoms with Gasteiger partial charge in [0.25, 0.3) is 0 Å². The molecule has 6 heteroatoms. The lowest BCUT2D eigenvalue weighted by molar-refractivity contribution is 1.52. The first-order valence-corrected chi connectivity index (χ1v) is 6.21. The quantitative estimate of drug-likeness (QED) is 0.760. The van der Waals surface area contributed by atoms with Gasteiger partial charge < -0.3 is 5.73 Å². The van der Waals surface area contributed by atoms with E-state index in [9.17, 15) is 0 Å². The predicted octanol–water partition coefficient (Wildman–Crippen LogP) is 2.53. The van der Waals surface area contributed by atoms with Crippen LogP contribution in [0, 0.1) is 11.3 Å². The maximum Gasteiger partial charge on any atom is 0.141 e. The Morgan fingerprint density at radius 1 is 1.62 bits per heavy atom. The van der Waals surface area contributed by atoms with E-state index in [1.165, 1.54) is 22.9 Å². The number of fused-ring (bicyclic) bond motifs is 1. The zero-order valence-corrected chi connectivity index (χ0v) is 9.15. The molecule has 0 aromatic carbocycles. The molecule has 0 unspecified atom stereocenters. The Morgan fingerprint density at radius 2 is 2.38 bits per heavy atom. The third kappa shape index (κ3) is 1.20. The minimum atomic E-state index is 0.570. The van der Waals surface area contributed by atoms with Gasteiger partial charge in [-0.15, -0.1) is 23.1 Å². The number of hydrogen-bond acceptors (Lipinski definition) is 6. The second-order valence-electron chi connectivity index (χ2n) is 2.31. The number of hydrogen-bond donors (Lipinski definition) is 1. The first-order chi connectivity index (χ1) is 6.27. The number of rotatable bonds is 1. The molecule has 66 valence electrons. The first-order valence-electron chi connectivity index (χ1n) is 3.39. The van der Waals surface area contributed by atoms with Crippen molar-refractivity contribution in [2.45, 2.75) is 4.21 Å². The third-order valence-corrected chi connectivity index (χ3v) is 4.69. The van der Waals surface area contributed by atoms with Gasteiger partial charge in [-0.1, -0.05) is 0 Å². The van der Waals surface area contributed by atoms with Crippen LogP contribution in [0.3, 0.4) is 0 Å². The van der Waals surface area contributed by atoms with Crippen LogP contribution >= 0.6 is 34.6 Å². The molecule has 3 nitrogen and oxygen atoms in total. The van der Waals surface area contributed by atoms with Crippen molar-refractivity contribution in [3.63, 3.8) is 0 Å². The maximum absolute atomic E-state index is 8.75. The molecule has 0 aliphatic heterocycles. The summed E-state index contributed by atoms with van der Waals surface area (Å²) in [4.78, 5) is 1.45. The van der Waals surface area contributed by atoms with E-state index in [-0.39, 0.29) is 0 Å². The van der Waals surface area contributed by atoms with Crippen LogP contribution in [0.5, 0.6) is 0 Å². The normalized spacial score (nSPS) is 10.5. The minimum absolute atomic E-state index is 0.570. The van der Waals surface area contributed by atoms with E-state index in [4.69, 9.17) is 11.0 Å². The number of thiophene rings is 1. The maximum atomic E-state index is 8.75. The van der Waals surface area contributed by atoms with Crippen molar-refractivity contribution in [3.8, 4) is 6.07 Å². The van der Waals surface area contributed by atoms with Crippen LogP contribution in [0.2, 0.25) is 0 Å². The van der Waals surface area contributed by atoms with Gasteiger partial charge >= 0.3 is 0 Å². The fourth-order valence-corrected chi connectivity index (χ4v) is 3.57. The molecule has 0 aliphatic carbocycles. The number of nitrogens with two attached hydrogens (primary N) is 1. The van der Waals surface area contributed by atoms with E-state index in [1.54, 1.807) is 11.8 Å². The van der Waals surface area contributed by atoms with E-state index in [1.807, 2.05) is 6.26 Å². The number of thioether (sulfide) groups is 1. The Hall–Kier alpha value is -0.770. The smallest absolute Gasteiger partial charge is 0.141 e. The van der Waals surface area contributed by atoms with Crippen molar-refractivity contribution >= 4 is 50.5 Å². The fourth-order valence-electron chi connectivity index (χ4n) is 1.04. The monoisotopic (exact) mass is 227 g/mol. The fraction of sp³-hybridized carbons (Fsp3) is 0.143. The molecule has 0 atom stereocenters. The highest BCUT2D eigenvalue weighted by Gasteiger charge is 2.15. The van der Waals surface area contributed by atoms with Crippen molar-refractivity contribution in [1.29, 1.82) is 5.26 Å². The predicted molar refractivity (Wildman–Crippen MR) is 58.4 cm³/mol. The van der Waals surface area contributed by atoms with Gasteiger partial charge in [-0.3, -0.25) is 0 Å². The van der Waals surface area contributed by atoms with Gasteiger partial charge in [0, 0.05) is 0 Å². The van der Waals surface area contributed by atoms with Crippen LogP contribution in [0.15, 0.2) is 4.21 Å². The summed E-state index contributed by atoms with van der Waals surface area (Å²) >= 11 is 4.41. The number of anilines is 1. The van der Waals surface area contributed by atoms with Crippen molar-refractivity contribution in [3.05, 3.63) is 4.88 Å². The molecule has 0 fully saturated rings. The van der Waals surface area contributed by atoms with Crippen LogP contribution in [0.1, 0.15) is 4.88 Å². The minimum Gasteiger partial charge on any atom is -0.396 e. The van der Waals surface area contributed by atoms with Crippen molar-refractivity contribution in [1.82, 2.24) is 4.37 Å². The Bertz CT molecular complexity index is 491. The van der Waals surface area contributed by atoms with Crippen LogP contribution < -0.4 is 5.73 Å². The van der Waals surface area contributed by atoms with Crippen LogP contribution in [0.25, 0.3) is 10.2 Å². The average molecular weight is 227 g/mol. The molecule has 0 bridgehead atoms. The number of nitrogens with zero attached hydrogens (tertiary/aromatic N) is 2. The van der Waals surface area contributed by atoms with Gasteiger partial charge in [0.15, 0.2) is 0 Å². The van der Waals surface area contributed by atoms with Crippen LogP contribution in [-0.4, -0.2) is 10.6 Å². The van der Waals surface area contributed by atoms with E-state index in [0.717, 1.165) is 14.4 Å². The van der Waals surface area contributed by atoms with Crippen LogP contribution in [-0.2, 0) is 0 Å². The summed E-state index contributed by atoms with van der Waals surface area (Å²) in [6.45, 7) is 0. The largest absolute Gasteiger partial charge is 0.396 e. The molecule has 0 saturated carbocycles. The van der Waals surface area contributed by atoms with Crippen LogP contribution in [0.4, 0.5) is 5.69 Å². The highest BCUT2D eigenvalue weighted by molar-refractivity contribution is 8.00. The number of nitriles is 1. The summed E-state index contributed by atoms with van der Waals surface area (Å²) in [5.74, 6) is 0. The van der Waals surface area contributed by atoms with Crippen molar-refractivity contribution < 1.29 is 0 Å². The molecule has 2 aromatic rings. The van der Waals surface area contributed by atoms with Gasteiger partial charge in [0.2, 0.25) is 0 Å². The Labute approximate surface area is 87.3 Å². The molecule has 0 radical (unpaired) electrons. The standard InChI is InChI=1S/C7H5N3S3/c1-11-7-4-5(9)3(2-8)12-6(4)10-13-7/h9H2,1H3. The van der Waals surface area contributed by atoms with E-state index in [2.05, 4.69) is 10.4 Å². The lowest BCUT2D eigenvalue weighted by atomic mass is 10.3. The van der Waals surface area contributed by atoms with E-state index < -0.39 is 0 Å². The summed E-state index contributed by atoms with van der Waals surface area (Å²) in [7, 11) is 0.